The normalized spacial score (nSPS) is 10.4. The largest absolute Gasteiger partial charge is 0.481 e. The number of nitroso groups, excluding NO2 is 1. The Balaban J connectivity index is 2.76. The van der Waals surface area contributed by atoms with Gasteiger partial charge in [0.05, 0.1) is 0 Å². The van der Waals surface area contributed by atoms with Crippen LogP contribution in [0.2, 0.25) is 0 Å². The zero-order chi connectivity index (χ0) is 16.0. The van der Waals surface area contributed by atoms with E-state index in [1.165, 1.54) is 14.1 Å². The summed E-state index contributed by atoms with van der Waals surface area (Å²) in [5.41, 5.74) is -1.65. The van der Waals surface area contributed by atoms with Crippen LogP contribution in [-0.2, 0) is 18.9 Å². The second-order valence-corrected chi connectivity index (χ2v) is 4.63. The molecule has 0 unspecified atom stereocenters. The van der Waals surface area contributed by atoms with Crippen molar-refractivity contribution in [2.24, 2.45) is 19.3 Å². The molecule has 116 valence electrons. The van der Waals surface area contributed by atoms with E-state index in [2.05, 4.69) is 10.5 Å². The van der Waals surface area contributed by atoms with Gasteiger partial charge in [0, 0.05) is 27.1 Å². The van der Waals surface area contributed by atoms with Gasteiger partial charge in [0.1, 0.15) is 5.82 Å². The van der Waals surface area contributed by atoms with Gasteiger partial charge in [-0.25, -0.2) is 4.79 Å². The van der Waals surface area contributed by atoms with Gasteiger partial charge in [0.2, 0.25) is 5.69 Å². The Morgan fingerprint density at radius 3 is 2.43 bits per heavy atom. The number of carboxylic acids is 1. The molecule has 1 aromatic rings. The zero-order valence-electron chi connectivity index (χ0n) is 12.0. The number of anilines is 1. The molecule has 0 spiro atoms. The highest BCUT2D eigenvalue weighted by atomic mass is 16.4. The summed E-state index contributed by atoms with van der Waals surface area (Å²) in [6.07, 6.45) is 1.98. The van der Waals surface area contributed by atoms with Crippen LogP contribution >= 0.6 is 0 Å². The van der Waals surface area contributed by atoms with E-state index in [0.29, 0.717) is 25.8 Å². The molecule has 0 saturated carbocycles. The van der Waals surface area contributed by atoms with E-state index < -0.39 is 17.2 Å². The van der Waals surface area contributed by atoms with Gasteiger partial charge in [-0.3, -0.25) is 18.7 Å². The summed E-state index contributed by atoms with van der Waals surface area (Å²) in [4.78, 5) is 44.7. The second kappa shape index (κ2) is 7.36. The topological polar surface area (TPSA) is 123 Å². The minimum Gasteiger partial charge on any atom is -0.481 e. The van der Waals surface area contributed by atoms with E-state index in [9.17, 15) is 19.3 Å². The van der Waals surface area contributed by atoms with Gasteiger partial charge in [-0.2, -0.15) is 0 Å². The molecule has 0 amide bonds. The zero-order valence-corrected chi connectivity index (χ0v) is 12.0. The van der Waals surface area contributed by atoms with Crippen LogP contribution in [-0.4, -0.2) is 26.8 Å². The highest BCUT2D eigenvalue weighted by Gasteiger charge is 2.15. The first-order valence-electron chi connectivity index (χ1n) is 6.49. The van der Waals surface area contributed by atoms with E-state index in [1.54, 1.807) is 0 Å². The first kappa shape index (κ1) is 16.6. The van der Waals surface area contributed by atoms with Crippen molar-refractivity contribution in [3.05, 3.63) is 25.7 Å². The van der Waals surface area contributed by atoms with Crippen molar-refractivity contribution in [3.63, 3.8) is 0 Å². The lowest BCUT2D eigenvalue weighted by Crippen LogP contribution is -2.38. The molecule has 0 bridgehead atoms. The molecule has 0 aliphatic heterocycles. The summed E-state index contributed by atoms with van der Waals surface area (Å²) < 4.78 is 1.96. The number of hydrogen-bond donors (Lipinski definition) is 2. The number of carbonyl (C=O) groups is 1. The smallest absolute Gasteiger partial charge is 0.332 e. The molecule has 0 aromatic carbocycles. The first-order chi connectivity index (χ1) is 9.90. The van der Waals surface area contributed by atoms with Gasteiger partial charge >= 0.3 is 11.7 Å². The molecule has 1 heterocycles. The van der Waals surface area contributed by atoms with Crippen LogP contribution in [0, 0.1) is 4.91 Å². The summed E-state index contributed by atoms with van der Waals surface area (Å²) >= 11 is 0. The monoisotopic (exact) mass is 298 g/mol. The maximum atomic E-state index is 11.8. The van der Waals surface area contributed by atoms with Crippen molar-refractivity contribution in [2.75, 3.05) is 11.9 Å². The Morgan fingerprint density at radius 2 is 1.86 bits per heavy atom. The highest BCUT2D eigenvalue weighted by Crippen LogP contribution is 2.17. The summed E-state index contributed by atoms with van der Waals surface area (Å²) in [7, 11) is 2.71. The predicted molar refractivity (Wildman–Crippen MR) is 77.0 cm³/mol. The van der Waals surface area contributed by atoms with Crippen LogP contribution in [0.25, 0.3) is 0 Å². The Morgan fingerprint density at radius 1 is 1.19 bits per heavy atom. The van der Waals surface area contributed by atoms with E-state index in [4.69, 9.17) is 5.11 Å². The first-order valence-corrected chi connectivity index (χ1v) is 6.49. The molecule has 0 aliphatic rings. The van der Waals surface area contributed by atoms with E-state index in [-0.39, 0.29) is 17.9 Å². The number of nitrogens with one attached hydrogen (secondary N) is 1. The fourth-order valence-corrected chi connectivity index (χ4v) is 1.90. The Labute approximate surface area is 120 Å². The third-order valence-corrected chi connectivity index (χ3v) is 3.09. The molecule has 0 fully saturated rings. The Bertz CT molecular complexity index is 646. The van der Waals surface area contributed by atoms with Gasteiger partial charge in [-0.15, -0.1) is 4.91 Å². The minimum absolute atomic E-state index is 0.0799. The predicted octanol–water partition coefficient (Wildman–Crippen LogP) is 0.539. The van der Waals surface area contributed by atoms with Gasteiger partial charge in [-0.05, 0) is 18.0 Å². The molecule has 1 aromatic heterocycles. The summed E-state index contributed by atoms with van der Waals surface area (Å²) in [5.74, 6) is -0.763. The third kappa shape index (κ3) is 4.01. The molecule has 0 aliphatic carbocycles. The van der Waals surface area contributed by atoms with Crippen LogP contribution in [0.5, 0.6) is 0 Å². The van der Waals surface area contributed by atoms with Crippen molar-refractivity contribution in [1.29, 1.82) is 0 Å². The van der Waals surface area contributed by atoms with E-state index in [0.717, 1.165) is 9.13 Å². The number of nitrogens with zero attached hydrogens (tertiary/aromatic N) is 3. The number of aliphatic carboxylic acids is 1. The average Bonchev–Trinajstić information content (AvgIpc) is 2.45. The standard InChI is InChI=1S/C12H18N4O5/c1-15-10(13-7-5-3-4-6-8(17)18)9(14-21)11(19)16(2)12(15)20/h13H,3-7H2,1-2H3,(H,17,18). The van der Waals surface area contributed by atoms with E-state index >= 15 is 0 Å². The lowest BCUT2D eigenvalue weighted by molar-refractivity contribution is -0.137. The number of aromatic nitrogens is 2. The lowest BCUT2D eigenvalue weighted by Gasteiger charge is -2.13. The van der Waals surface area contributed by atoms with Gasteiger partial charge < -0.3 is 10.4 Å². The van der Waals surface area contributed by atoms with Crippen molar-refractivity contribution in [3.8, 4) is 0 Å². The molecule has 0 atom stereocenters. The third-order valence-electron chi connectivity index (χ3n) is 3.09. The lowest BCUT2D eigenvalue weighted by atomic mass is 10.2. The van der Waals surface area contributed by atoms with Crippen LogP contribution < -0.4 is 16.6 Å². The van der Waals surface area contributed by atoms with Crippen molar-refractivity contribution in [1.82, 2.24) is 9.13 Å². The highest BCUT2D eigenvalue weighted by molar-refractivity contribution is 5.66. The maximum Gasteiger partial charge on any atom is 0.332 e. The molecular weight excluding hydrogens is 280 g/mol. The molecule has 0 radical (unpaired) electrons. The van der Waals surface area contributed by atoms with Crippen molar-refractivity contribution < 1.29 is 9.90 Å². The molecule has 21 heavy (non-hydrogen) atoms. The van der Waals surface area contributed by atoms with Crippen LogP contribution in [0.15, 0.2) is 14.8 Å². The average molecular weight is 298 g/mol. The molecule has 1 rings (SSSR count). The second-order valence-electron chi connectivity index (χ2n) is 4.63. The number of unbranched alkanes of at least 4 members (excludes halogenated alkanes) is 2. The Hall–Kier alpha value is -2.45. The SMILES string of the molecule is Cn1c(NCCCCCC(=O)O)c(N=O)c(=O)n(C)c1=O. The quantitative estimate of drug-likeness (QED) is 0.533. The van der Waals surface area contributed by atoms with Gasteiger partial charge in [0.25, 0.3) is 5.56 Å². The molecular formula is C12H18N4O5. The van der Waals surface area contributed by atoms with E-state index in [1.807, 2.05) is 0 Å². The number of hydrogen-bond acceptors (Lipinski definition) is 6. The van der Waals surface area contributed by atoms with Crippen molar-refractivity contribution >= 4 is 17.5 Å². The van der Waals surface area contributed by atoms with Crippen LogP contribution in [0.4, 0.5) is 11.5 Å². The molecule has 2 N–H and O–H groups in total. The number of rotatable bonds is 8. The fourth-order valence-electron chi connectivity index (χ4n) is 1.90. The van der Waals surface area contributed by atoms with Crippen molar-refractivity contribution in [2.45, 2.75) is 25.7 Å². The summed E-state index contributed by atoms with van der Waals surface area (Å²) in [5, 5.41) is 14.0. The Kier molecular flexibility index (Phi) is 5.82. The molecule has 9 heteroatoms. The van der Waals surface area contributed by atoms with Crippen LogP contribution in [0.1, 0.15) is 25.7 Å². The number of carboxylic acid groups (broad SMARTS) is 1. The fraction of sp³-hybridized carbons (Fsp3) is 0.583. The van der Waals surface area contributed by atoms with Crippen LogP contribution in [0.3, 0.4) is 0 Å². The molecule has 0 saturated heterocycles. The van der Waals surface area contributed by atoms with Gasteiger partial charge in [-0.1, -0.05) is 6.42 Å². The maximum absolute atomic E-state index is 11.8. The minimum atomic E-state index is -0.843. The summed E-state index contributed by atoms with van der Waals surface area (Å²) in [6.45, 7) is 0.405. The summed E-state index contributed by atoms with van der Waals surface area (Å²) in [6, 6.07) is 0. The van der Waals surface area contributed by atoms with Gasteiger partial charge in [0.15, 0.2) is 0 Å². The molecule has 9 nitrogen and oxygen atoms in total.